The van der Waals surface area contributed by atoms with Gasteiger partial charge in [-0.1, -0.05) is 23.2 Å². The average Bonchev–Trinajstić information content (AvgIpc) is 2.65. The highest BCUT2D eigenvalue weighted by atomic mass is 35.5. The van der Waals surface area contributed by atoms with Crippen molar-refractivity contribution in [2.24, 2.45) is 0 Å². The number of halogens is 2. The number of thiocarbonyl (C=S) groups is 1. The topological polar surface area (TPSA) is 88.7 Å². The molecule has 2 aromatic carbocycles. The average molecular weight is 442 g/mol. The van der Waals surface area contributed by atoms with Crippen LogP contribution >= 0.6 is 35.4 Å². The van der Waals surface area contributed by atoms with Crippen LogP contribution in [-0.2, 0) is 9.59 Å². The Morgan fingerprint density at radius 1 is 0.929 bits per heavy atom. The molecule has 2 aromatic rings. The second kappa shape index (κ2) is 10.7. The first kappa shape index (κ1) is 21.7. The summed E-state index contributed by atoms with van der Waals surface area (Å²) in [5.41, 5.74) is 5.52. The highest BCUT2D eigenvalue weighted by Crippen LogP contribution is 2.21. The van der Waals surface area contributed by atoms with Crippen molar-refractivity contribution in [3.05, 3.63) is 58.1 Å². The molecule has 0 heterocycles. The Hall–Kier alpha value is -2.55. The van der Waals surface area contributed by atoms with Crippen LogP contribution in [-0.4, -0.2) is 30.1 Å². The van der Waals surface area contributed by atoms with E-state index < -0.39 is 11.8 Å². The molecular weight excluding hydrogens is 425 g/mol. The van der Waals surface area contributed by atoms with Gasteiger partial charge in [0.2, 0.25) is 0 Å². The lowest BCUT2D eigenvalue weighted by molar-refractivity contribution is -0.124. The maximum Gasteiger partial charge on any atom is 0.276 e. The van der Waals surface area contributed by atoms with E-state index >= 15 is 0 Å². The van der Waals surface area contributed by atoms with Crippen LogP contribution in [0.5, 0.6) is 11.5 Å². The minimum absolute atomic E-state index is 0.0827. The molecule has 0 aromatic heterocycles. The van der Waals surface area contributed by atoms with Crippen molar-refractivity contribution in [3.8, 4) is 11.5 Å². The lowest BCUT2D eigenvalue weighted by Gasteiger charge is -2.12. The third-order valence-electron chi connectivity index (χ3n) is 3.25. The van der Waals surface area contributed by atoms with Crippen LogP contribution in [0.15, 0.2) is 42.5 Å². The number of amides is 2. The summed E-state index contributed by atoms with van der Waals surface area (Å²) in [4.78, 5) is 23.6. The van der Waals surface area contributed by atoms with Crippen molar-refractivity contribution >= 4 is 52.3 Å². The Kier molecular flexibility index (Phi) is 8.31. The first-order chi connectivity index (χ1) is 13.3. The van der Waals surface area contributed by atoms with Gasteiger partial charge in [0.25, 0.3) is 11.8 Å². The summed E-state index contributed by atoms with van der Waals surface area (Å²) in [5.74, 6) is 0.0502. The van der Waals surface area contributed by atoms with Gasteiger partial charge in [0, 0.05) is 10.0 Å². The van der Waals surface area contributed by atoms with Gasteiger partial charge in [-0.25, -0.2) is 0 Å². The molecule has 3 N–H and O–H groups in total. The number of benzene rings is 2. The summed E-state index contributed by atoms with van der Waals surface area (Å²) in [6.07, 6.45) is 0. The van der Waals surface area contributed by atoms with Crippen molar-refractivity contribution in [1.29, 1.82) is 0 Å². The second-order valence-electron chi connectivity index (χ2n) is 5.49. The Morgan fingerprint density at radius 2 is 1.57 bits per heavy atom. The number of hydrazine groups is 1. The molecule has 0 unspecified atom stereocenters. The zero-order chi connectivity index (χ0) is 20.5. The van der Waals surface area contributed by atoms with Gasteiger partial charge in [0.05, 0.1) is 0 Å². The highest BCUT2D eigenvalue weighted by Gasteiger charge is 2.08. The third-order valence-corrected chi connectivity index (χ3v) is 3.94. The van der Waals surface area contributed by atoms with Crippen molar-refractivity contribution in [2.45, 2.75) is 6.92 Å². The molecule has 0 fully saturated rings. The Morgan fingerprint density at radius 3 is 2.25 bits per heavy atom. The van der Waals surface area contributed by atoms with Crippen LogP contribution in [0.1, 0.15) is 5.56 Å². The first-order valence-corrected chi connectivity index (χ1v) is 9.16. The quantitative estimate of drug-likeness (QED) is 0.471. The van der Waals surface area contributed by atoms with Crippen LogP contribution in [0, 0.1) is 6.92 Å². The van der Waals surface area contributed by atoms with Crippen LogP contribution in [0.3, 0.4) is 0 Å². The molecule has 10 heteroatoms. The molecule has 0 saturated heterocycles. The van der Waals surface area contributed by atoms with E-state index in [1.165, 1.54) is 0 Å². The van der Waals surface area contributed by atoms with E-state index in [4.69, 9.17) is 44.9 Å². The summed E-state index contributed by atoms with van der Waals surface area (Å²) >= 11 is 16.6. The van der Waals surface area contributed by atoms with Gasteiger partial charge in [-0.3, -0.25) is 25.8 Å². The minimum atomic E-state index is -0.491. The molecule has 148 valence electrons. The maximum absolute atomic E-state index is 11.8. The summed E-state index contributed by atoms with van der Waals surface area (Å²) in [5, 5.41) is 3.43. The predicted molar refractivity (Wildman–Crippen MR) is 111 cm³/mol. The summed E-state index contributed by atoms with van der Waals surface area (Å²) in [6, 6.07) is 11.6. The molecule has 0 radical (unpaired) electrons. The molecular formula is C18H17Cl2N3O4S. The first-order valence-electron chi connectivity index (χ1n) is 7.99. The fourth-order valence-electron chi connectivity index (χ4n) is 1.95. The number of nitrogens with one attached hydrogen (secondary N) is 3. The van der Waals surface area contributed by atoms with Crippen LogP contribution in [0.2, 0.25) is 10.0 Å². The molecule has 0 spiro atoms. The zero-order valence-corrected chi connectivity index (χ0v) is 17.1. The fourth-order valence-corrected chi connectivity index (χ4v) is 2.47. The van der Waals surface area contributed by atoms with Gasteiger partial charge < -0.3 is 9.47 Å². The molecule has 7 nitrogen and oxygen atoms in total. The number of hydrogen-bond acceptors (Lipinski definition) is 5. The smallest absolute Gasteiger partial charge is 0.276 e. The number of carbonyl (C=O) groups is 2. The van der Waals surface area contributed by atoms with Crippen molar-refractivity contribution in [3.63, 3.8) is 0 Å². The molecule has 2 rings (SSSR count). The monoisotopic (exact) mass is 441 g/mol. The number of ether oxygens (including phenoxy) is 2. The summed E-state index contributed by atoms with van der Waals surface area (Å²) in [6.45, 7) is 1.32. The van der Waals surface area contributed by atoms with Crippen LogP contribution in [0.25, 0.3) is 0 Å². The molecule has 0 bridgehead atoms. The summed E-state index contributed by atoms with van der Waals surface area (Å²) in [7, 11) is 0. The Balaban J connectivity index is 1.66. The SMILES string of the molecule is Cc1cc(Cl)ccc1OCC(=O)NNC(=S)NC(=O)COc1ccc(Cl)cc1. The Labute approximate surface area is 177 Å². The number of carbonyl (C=O) groups excluding carboxylic acids is 2. The van der Waals surface area contributed by atoms with E-state index in [0.29, 0.717) is 21.5 Å². The molecule has 28 heavy (non-hydrogen) atoms. The van der Waals surface area contributed by atoms with Crippen molar-refractivity contribution in [1.82, 2.24) is 16.2 Å². The number of hydrogen-bond donors (Lipinski definition) is 3. The van der Waals surface area contributed by atoms with Crippen LogP contribution < -0.4 is 25.6 Å². The molecule has 2 amide bonds. The van der Waals surface area contributed by atoms with Crippen LogP contribution in [0.4, 0.5) is 0 Å². The molecule has 0 atom stereocenters. The van der Waals surface area contributed by atoms with Gasteiger partial charge in [0.15, 0.2) is 18.3 Å². The standard InChI is InChI=1S/C18H17Cl2N3O4S/c1-11-8-13(20)4-7-15(11)27-10-17(25)22-23-18(28)21-16(24)9-26-14-5-2-12(19)3-6-14/h2-8H,9-10H2,1H3,(H,22,25)(H2,21,23,24,28). The van der Waals surface area contributed by atoms with E-state index in [0.717, 1.165) is 5.56 Å². The van der Waals surface area contributed by atoms with Gasteiger partial charge in [0.1, 0.15) is 11.5 Å². The lowest BCUT2D eigenvalue weighted by Crippen LogP contribution is -2.50. The maximum atomic E-state index is 11.8. The van der Waals surface area contributed by atoms with E-state index in [2.05, 4.69) is 16.2 Å². The third kappa shape index (κ3) is 7.59. The van der Waals surface area contributed by atoms with Gasteiger partial charge in [-0.05, 0) is 67.2 Å². The zero-order valence-electron chi connectivity index (χ0n) is 14.8. The van der Waals surface area contributed by atoms with E-state index in [1.807, 2.05) is 6.92 Å². The van der Waals surface area contributed by atoms with Crippen molar-refractivity contribution in [2.75, 3.05) is 13.2 Å². The van der Waals surface area contributed by atoms with E-state index in [9.17, 15) is 9.59 Å². The fraction of sp³-hybridized carbons (Fsp3) is 0.167. The van der Waals surface area contributed by atoms with Gasteiger partial charge >= 0.3 is 0 Å². The Bertz CT molecular complexity index is 862. The second-order valence-corrected chi connectivity index (χ2v) is 6.77. The van der Waals surface area contributed by atoms with Gasteiger partial charge in [-0.2, -0.15) is 0 Å². The van der Waals surface area contributed by atoms with E-state index in [-0.39, 0.29) is 18.3 Å². The van der Waals surface area contributed by atoms with E-state index in [1.54, 1.807) is 42.5 Å². The molecule has 0 aliphatic carbocycles. The van der Waals surface area contributed by atoms with Gasteiger partial charge in [-0.15, -0.1) is 0 Å². The minimum Gasteiger partial charge on any atom is -0.484 e. The predicted octanol–water partition coefficient (Wildman–Crippen LogP) is 2.78. The number of rotatable bonds is 6. The number of aryl methyl sites for hydroxylation is 1. The highest BCUT2D eigenvalue weighted by molar-refractivity contribution is 7.80. The summed E-state index contributed by atoms with van der Waals surface area (Å²) < 4.78 is 10.7. The molecule has 0 saturated carbocycles. The largest absolute Gasteiger partial charge is 0.484 e. The normalized spacial score (nSPS) is 9.96. The molecule has 0 aliphatic heterocycles. The molecule has 0 aliphatic rings. The lowest BCUT2D eigenvalue weighted by atomic mass is 10.2. The van der Waals surface area contributed by atoms with Crippen molar-refractivity contribution < 1.29 is 19.1 Å².